The van der Waals surface area contributed by atoms with Gasteiger partial charge in [0.25, 0.3) is 0 Å². The monoisotopic (exact) mass is 328 g/mol. The molecule has 0 spiro atoms. The van der Waals surface area contributed by atoms with Gasteiger partial charge in [-0.2, -0.15) is 5.26 Å². The number of hydrogen-bond donors (Lipinski definition) is 2. The van der Waals surface area contributed by atoms with Crippen LogP contribution in [0.3, 0.4) is 0 Å². The van der Waals surface area contributed by atoms with E-state index in [-0.39, 0.29) is 15.5 Å². The molecule has 1 saturated carbocycles. The van der Waals surface area contributed by atoms with Crippen molar-refractivity contribution in [3.63, 3.8) is 0 Å². The number of rotatable bonds is 3. The molecule has 1 aromatic rings. The van der Waals surface area contributed by atoms with E-state index in [9.17, 15) is 13.5 Å². The summed E-state index contributed by atoms with van der Waals surface area (Å²) in [6.07, 6.45) is 3.20. The third-order valence-corrected chi connectivity index (χ3v) is 5.40. The number of benzene rings is 1. The summed E-state index contributed by atoms with van der Waals surface area (Å²) in [7, 11) is -3.89. The summed E-state index contributed by atoms with van der Waals surface area (Å²) in [5.41, 5.74) is 0.0370. The molecule has 2 N–H and O–H groups in total. The molecule has 1 aliphatic carbocycles. The fourth-order valence-electron chi connectivity index (χ4n) is 2.50. The number of aliphatic hydroxyl groups is 1. The van der Waals surface area contributed by atoms with E-state index in [1.54, 1.807) is 0 Å². The van der Waals surface area contributed by atoms with Crippen molar-refractivity contribution in [1.29, 1.82) is 5.26 Å². The van der Waals surface area contributed by atoms with Crippen LogP contribution < -0.4 is 4.72 Å². The lowest BCUT2D eigenvalue weighted by Crippen LogP contribution is -2.42. The highest BCUT2D eigenvalue weighted by atomic mass is 35.5. The maximum Gasteiger partial charge on any atom is 0.242 e. The summed E-state index contributed by atoms with van der Waals surface area (Å²) < 4.78 is 27.4. The van der Waals surface area contributed by atoms with E-state index in [1.807, 2.05) is 6.07 Å². The third kappa shape index (κ3) is 3.95. The Morgan fingerprint density at radius 2 is 2.00 bits per heavy atom. The first-order valence-electron chi connectivity index (χ1n) is 6.84. The second kappa shape index (κ2) is 6.75. The maximum absolute atomic E-state index is 12.5. The van der Waals surface area contributed by atoms with Gasteiger partial charge in [-0.15, -0.1) is 0 Å². The normalized spacial score (nSPS) is 23.3. The molecule has 2 unspecified atom stereocenters. The van der Waals surface area contributed by atoms with Gasteiger partial charge in [-0.25, -0.2) is 13.1 Å². The number of hydrogen-bond acceptors (Lipinski definition) is 4. The second-order valence-corrected chi connectivity index (χ2v) is 7.30. The van der Waals surface area contributed by atoms with E-state index in [0.717, 1.165) is 19.3 Å². The van der Waals surface area contributed by atoms with E-state index < -0.39 is 22.2 Å². The molecule has 1 aromatic carbocycles. The van der Waals surface area contributed by atoms with Crippen molar-refractivity contribution in [3.8, 4) is 6.07 Å². The lowest BCUT2D eigenvalue weighted by atomic mass is 10.1. The summed E-state index contributed by atoms with van der Waals surface area (Å²) in [5.74, 6) is 0. The van der Waals surface area contributed by atoms with E-state index in [0.29, 0.717) is 12.8 Å². The zero-order chi connectivity index (χ0) is 15.5. The van der Waals surface area contributed by atoms with Crippen molar-refractivity contribution in [2.45, 2.75) is 49.1 Å². The molecule has 0 radical (unpaired) electrons. The number of nitrogens with zero attached hydrogens (tertiary/aromatic N) is 1. The summed E-state index contributed by atoms with van der Waals surface area (Å²) in [6.45, 7) is 0. The van der Waals surface area contributed by atoms with E-state index in [1.165, 1.54) is 18.2 Å². The zero-order valence-electron chi connectivity index (χ0n) is 11.4. The minimum atomic E-state index is -3.89. The number of aliphatic hydroxyl groups excluding tert-OH is 1. The summed E-state index contributed by atoms with van der Waals surface area (Å²) >= 11 is 5.83. The average molecular weight is 329 g/mol. The summed E-state index contributed by atoms with van der Waals surface area (Å²) in [5, 5.41) is 19.3. The molecule has 21 heavy (non-hydrogen) atoms. The van der Waals surface area contributed by atoms with Crippen molar-refractivity contribution < 1.29 is 13.5 Å². The van der Waals surface area contributed by atoms with E-state index in [4.69, 9.17) is 16.9 Å². The van der Waals surface area contributed by atoms with Gasteiger partial charge >= 0.3 is 0 Å². The van der Waals surface area contributed by atoms with Crippen LogP contribution in [0.2, 0.25) is 5.02 Å². The van der Waals surface area contributed by atoms with Crippen molar-refractivity contribution in [1.82, 2.24) is 4.72 Å². The topological polar surface area (TPSA) is 90.2 Å². The van der Waals surface area contributed by atoms with Crippen molar-refractivity contribution >= 4 is 21.6 Å². The van der Waals surface area contributed by atoms with Crippen LogP contribution in [0.15, 0.2) is 23.1 Å². The lowest BCUT2D eigenvalue weighted by molar-refractivity contribution is 0.130. The number of sulfonamides is 1. The standard InChI is InChI=1S/C14H17ClN2O3S/c15-11-7-6-10(9-16)14(8-11)21(19,20)17-12-4-2-1-3-5-13(12)18/h6-8,12-13,17-18H,1-5H2. The van der Waals surface area contributed by atoms with Gasteiger partial charge in [0.05, 0.1) is 11.7 Å². The Bertz CT molecular complexity index is 655. The van der Waals surface area contributed by atoms with Gasteiger partial charge in [0.15, 0.2) is 0 Å². The SMILES string of the molecule is N#Cc1ccc(Cl)cc1S(=O)(=O)NC1CCCCCC1O. The lowest BCUT2D eigenvalue weighted by Gasteiger charge is -2.22. The summed E-state index contributed by atoms with van der Waals surface area (Å²) in [6, 6.07) is 5.43. The zero-order valence-corrected chi connectivity index (χ0v) is 13.0. The Hall–Kier alpha value is -1.13. The van der Waals surface area contributed by atoms with Gasteiger partial charge in [-0.3, -0.25) is 0 Å². The first-order valence-corrected chi connectivity index (χ1v) is 8.70. The molecule has 0 aliphatic heterocycles. The van der Waals surface area contributed by atoms with Crippen molar-refractivity contribution in [2.75, 3.05) is 0 Å². The molecule has 0 saturated heterocycles. The Morgan fingerprint density at radius 3 is 2.71 bits per heavy atom. The van der Waals surface area contributed by atoms with Crippen LogP contribution in [0.25, 0.3) is 0 Å². The minimum absolute atomic E-state index is 0.0370. The van der Waals surface area contributed by atoms with Gasteiger partial charge in [0.2, 0.25) is 10.0 Å². The molecular formula is C14H17ClN2O3S. The van der Waals surface area contributed by atoms with Crippen LogP contribution >= 0.6 is 11.6 Å². The van der Waals surface area contributed by atoms with Crippen LogP contribution in [0.4, 0.5) is 0 Å². The molecule has 5 nitrogen and oxygen atoms in total. The van der Waals surface area contributed by atoms with Gasteiger partial charge in [-0.05, 0) is 31.0 Å². The number of nitrogens with one attached hydrogen (secondary N) is 1. The predicted octanol–water partition coefficient (Wildman–Crippen LogP) is 2.18. The molecule has 0 bridgehead atoms. The molecule has 0 heterocycles. The minimum Gasteiger partial charge on any atom is -0.391 e. The van der Waals surface area contributed by atoms with E-state index >= 15 is 0 Å². The van der Waals surface area contributed by atoms with Crippen LogP contribution in [-0.2, 0) is 10.0 Å². The maximum atomic E-state index is 12.5. The highest BCUT2D eigenvalue weighted by molar-refractivity contribution is 7.89. The molecule has 7 heteroatoms. The molecule has 2 rings (SSSR count). The molecule has 0 amide bonds. The molecule has 114 valence electrons. The van der Waals surface area contributed by atoms with Crippen molar-refractivity contribution in [3.05, 3.63) is 28.8 Å². The van der Waals surface area contributed by atoms with Gasteiger partial charge in [-0.1, -0.05) is 30.9 Å². The Kier molecular flexibility index (Phi) is 5.22. The molecule has 2 atom stereocenters. The first-order chi connectivity index (χ1) is 9.94. The van der Waals surface area contributed by atoms with Crippen LogP contribution in [0.5, 0.6) is 0 Å². The predicted molar refractivity (Wildman–Crippen MR) is 79.4 cm³/mol. The van der Waals surface area contributed by atoms with Gasteiger partial charge in [0.1, 0.15) is 11.0 Å². The average Bonchev–Trinajstić information content (AvgIpc) is 2.64. The quantitative estimate of drug-likeness (QED) is 0.832. The fourth-order valence-corrected chi connectivity index (χ4v) is 4.22. The van der Waals surface area contributed by atoms with Crippen LogP contribution in [0, 0.1) is 11.3 Å². The largest absolute Gasteiger partial charge is 0.391 e. The van der Waals surface area contributed by atoms with Crippen molar-refractivity contribution in [2.24, 2.45) is 0 Å². The molecule has 0 aromatic heterocycles. The second-order valence-electron chi connectivity index (χ2n) is 5.19. The Labute approximate surface area is 129 Å². The van der Waals surface area contributed by atoms with E-state index in [2.05, 4.69) is 4.72 Å². The molecule has 1 aliphatic rings. The van der Waals surface area contributed by atoms with Gasteiger partial charge in [0, 0.05) is 11.1 Å². The number of nitriles is 1. The smallest absolute Gasteiger partial charge is 0.242 e. The van der Waals surface area contributed by atoms with Gasteiger partial charge < -0.3 is 5.11 Å². The first kappa shape index (κ1) is 16.2. The Morgan fingerprint density at radius 1 is 1.29 bits per heavy atom. The highest BCUT2D eigenvalue weighted by Crippen LogP contribution is 2.23. The molecule has 1 fully saturated rings. The van der Waals surface area contributed by atoms with Crippen LogP contribution in [0.1, 0.15) is 37.7 Å². The van der Waals surface area contributed by atoms with Crippen LogP contribution in [-0.4, -0.2) is 25.7 Å². The summed E-state index contributed by atoms with van der Waals surface area (Å²) in [4.78, 5) is -0.144. The third-order valence-electron chi connectivity index (χ3n) is 3.64. The highest BCUT2D eigenvalue weighted by Gasteiger charge is 2.28. The molecular weight excluding hydrogens is 312 g/mol. The number of halogens is 1. The fraction of sp³-hybridized carbons (Fsp3) is 0.500. The Balaban J connectivity index is 2.30.